The molecule has 4 nitrogen and oxygen atoms in total. The van der Waals surface area contributed by atoms with Crippen molar-refractivity contribution in [3.05, 3.63) is 200 Å². The number of aromatic nitrogens is 2. The van der Waals surface area contributed by atoms with E-state index in [-0.39, 0.29) is 0 Å². The Bertz CT molecular complexity index is 3160. The van der Waals surface area contributed by atoms with E-state index in [2.05, 4.69) is 196 Å². The molecule has 0 amide bonds. The number of pyridine rings is 1. The summed E-state index contributed by atoms with van der Waals surface area (Å²) in [5.74, 6) is 0. The van der Waals surface area contributed by atoms with Gasteiger partial charge in [-0.1, -0.05) is 121 Å². The van der Waals surface area contributed by atoms with E-state index in [1.54, 1.807) is 6.20 Å². The molecular formula is C51H33N3O. The first-order valence-corrected chi connectivity index (χ1v) is 18.6. The predicted octanol–water partition coefficient (Wildman–Crippen LogP) is 14.0. The fourth-order valence-corrected chi connectivity index (χ4v) is 8.27. The summed E-state index contributed by atoms with van der Waals surface area (Å²) >= 11 is 0. The van der Waals surface area contributed by atoms with Gasteiger partial charge in [0.15, 0.2) is 5.58 Å². The zero-order valence-corrected chi connectivity index (χ0v) is 29.8. The Kier molecular flexibility index (Phi) is 7.14. The van der Waals surface area contributed by atoms with Crippen LogP contribution in [0.15, 0.2) is 205 Å². The molecule has 0 aliphatic heterocycles. The first-order chi connectivity index (χ1) is 27.3. The van der Waals surface area contributed by atoms with Crippen LogP contribution in [0, 0.1) is 0 Å². The normalized spacial score (nSPS) is 11.6. The first-order valence-electron chi connectivity index (χ1n) is 18.6. The number of benzene rings is 8. The minimum atomic E-state index is 0.777. The quantitative estimate of drug-likeness (QED) is 0.173. The summed E-state index contributed by atoms with van der Waals surface area (Å²) in [4.78, 5) is 6.73. The molecule has 0 bridgehead atoms. The highest BCUT2D eigenvalue weighted by Gasteiger charge is 2.22. The van der Waals surface area contributed by atoms with Gasteiger partial charge < -0.3 is 13.9 Å². The molecule has 0 N–H and O–H groups in total. The highest BCUT2D eigenvalue weighted by atomic mass is 16.3. The molecule has 3 heterocycles. The van der Waals surface area contributed by atoms with Crippen LogP contribution in [-0.4, -0.2) is 9.55 Å². The van der Waals surface area contributed by atoms with Gasteiger partial charge in [-0.15, -0.1) is 0 Å². The van der Waals surface area contributed by atoms with Crippen LogP contribution < -0.4 is 4.90 Å². The lowest BCUT2D eigenvalue weighted by Crippen LogP contribution is -2.12. The van der Waals surface area contributed by atoms with Crippen molar-refractivity contribution in [1.29, 1.82) is 0 Å². The maximum Gasteiger partial charge on any atom is 0.153 e. The molecule has 0 radical (unpaired) electrons. The Labute approximate surface area is 317 Å². The van der Waals surface area contributed by atoms with Gasteiger partial charge in [0.1, 0.15) is 5.58 Å². The summed E-state index contributed by atoms with van der Waals surface area (Å²) in [6.07, 6.45) is 3.62. The molecule has 0 unspecified atom stereocenters. The van der Waals surface area contributed by atoms with Crippen LogP contribution >= 0.6 is 0 Å². The Morgan fingerprint density at radius 3 is 1.91 bits per heavy atom. The fraction of sp³-hybridized carbons (Fsp3) is 0. The summed E-state index contributed by atoms with van der Waals surface area (Å²) in [6, 6.07) is 67.7. The average molecular weight is 704 g/mol. The summed E-state index contributed by atoms with van der Waals surface area (Å²) < 4.78 is 8.66. The number of fused-ring (bicyclic) bond motifs is 7. The van der Waals surface area contributed by atoms with Crippen molar-refractivity contribution in [3.63, 3.8) is 0 Å². The van der Waals surface area contributed by atoms with E-state index >= 15 is 0 Å². The molecule has 258 valence electrons. The number of anilines is 3. The van der Waals surface area contributed by atoms with E-state index in [9.17, 15) is 0 Å². The van der Waals surface area contributed by atoms with Crippen LogP contribution in [-0.2, 0) is 0 Å². The molecule has 4 heteroatoms. The largest absolute Gasteiger partial charge is 0.454 e. The summed E-state index contributed by atoms with van der Waals surface area (Å²) in [7, 11) is 0. The van der Waals surface area contributed by atoms with Crippen LogP contribution in [0.25, 0.3) is 82.5 Å². The standard InChI is InChI=1S/C51H33N3O/c1-2-10-34(11-3-1)36-20-22-39(23-21-36)53(40-25-27-50-46(31-40)45-28-29-52-33-51(45)55-50)49-32-41(24-26-42(49)38-19-18-35-12-4-5-13-37(35)30-38)54-47-16-8-6-14-43(47)44-15-7-9-17-48(44)54/h1-33H. The highest BCUT2D eigenvalue weighted by Crippen LogP contribution is 2.45. The van der Waals surface area contributed by atoms with E-state index in [1.165, 1.54) is 43.7 Å². The molecule has 0 saturated carbocycles. The molecule has 55 heavy (non-hydrogen) atoms. The lowest BCUT2D eigenvalue weighted by atomic mass is 9.97. The molecule has 11 rings (SSSR count). The van der Waals surface area contributed by atoms with E-state index in [4.69, 9.17) is 4.42 Å². The third kappa shape index (κ3) is 5.19. The molecular weight excluding hydrogens is 671 g/mol. The Hall–Kier alpha value is -7.43. The van der Waals surface area contributed by atoms with Gasteiger partial charge in [-0.25, -0.2) is 0 Å². The van der Waals surface area contributed by atoms with E-state index in [0.717, 1.165) is 55.8 Å². The number of rotatable bonds is 6. The minimum absolute atomic E-state index is 0.777. The van der Waals surface area contributed by atoms with E-state index < -0.39 is 0 Å². The SMILES string of the molecule is c1ccc(-c2ccc(N(c3ccc4oc5cnccc5c4c3)c3cc(-n4c5ccccc5c5ccccc54)ccc3-c3ccc4ccccc4c3)cc2)cc1. The van der Waals surface area contributed by atoms with Gasteiger partial charge in [0.05, 0.1) is 22.9 Å². The topological polar surface area (TPSA) is 34.2 Å². The second kappa shape index (κ2) is 12.6. The van der Waals surface area contributed by atoms with Crippen LogP contribution in [0.4, 0.5) is 17.1 Å². The molecule has 0 aliphatic carbocycles. The van der Waals surface area contributed by atoms with Gasteiger partial charge in [-0.3, -0.25) is 4.98 Å². The van der Waals surface area contributed by atoms with Crippen molar-refractivity contribution in [2.75, 3.05) is 4.90 Å². The van der Waals surface area contributed by atoms with Gasteiger partial charge in [0.2, 0.25) is 0 Å². The highest BCUT2D eigenvalue weighted by molar-refractivity contribution is 6.10. The van der Waals surface area contributed by atoms with Crippen LogP contribution in [0.1, 0.15) is 0 Å². The van der Waals surface area contributed by atoms with Crippen molar-refractivity contribution in [2.24, 2.45) is 0 Å². The second-order valence-electron chi connectivity index (χ2n) is 14.0. The minimum Gasteiger partial charge on any atom is -0.454 e. The Morgan fingerprint density at radius 2 is 1.11 bits per heavy atom. The molecule has 0 fully saturated rings. The summed E-state index contributed by atoms with van der Waals surface area (Å²) in [6.45, 7) is 0. The monoisotopic (exact) mass is 703 g/mol. The molecule has 3 aromatic heterocycles. The first kappa shape index (κ1) is 31.1. The van der Waals surface area contributed by atoms with Crippen molar-refractivity contribution < 1.29 is 4.42 Å². The molecule has 0 spiro atoms. The maximum absolute atomic E-state index is 6.26. The number of nitrogens with zero attached hydrogens (tertiary/aromatic N) is 3. The molecule has 11 aromatic rings. The third-order valence-electron chi connectivity index (χ3n) is 10.9. The molecule has 0 aliphatic rings. The Morgan fingerprint density at radius 1 is 0.436 bits per heavy atom. The molecule has 0 atom stereocenters. The number of hydrogen-bond acceptors (Lipinski definition) is 3. The second-order valence-corrected chi connectivity index (χ2v) is 14.0. The summed E-state index contributed by atoms with van der Waals surface area (Å²) in [5.41, 5.74) is 12.8. The fourth-order valence-electron chi connectivity index (χ4n) is 8.27. The van der Waals surface area contributed by atoms with E-state index in [1.807, 2.05) is 12.3 Å². The molecule has 8 aromatic carbocycles. The number of hydrogen-bond donors (Lipinski definition) is 0. The van der Waals surface area contributed by atoms with Gasteiger partial charge >= 0.3 is 0 Å². The van der Waals surface area contributed by atoms with Crippen molar-refractivity contribution in [3.8, 4) is 27.9 Å². The number of para-hydroxylation sites is 2. The van der Waals surface area contributed by atoms with Gasteiger partial charge in [0.25, 0.3) is 0 Å². The lowest BCUT2D eigenvalue weighted by molar-refractivity contribution is 0.667. The van der Waals surface area contributed by atoms with Gasteiger partial charge in [0, 0.05) is 50.4 Å². The zero-order chi connectivity index (χ0) is 36.3. The predicted molar refractivity (Wildman–Crippen MR) is 229 cm³/mol. The van der Waals surface area contributed by atoms with Crippen molar-refractivity contribution in [1.82, 2.24) is 9.55 Å². The maximum atomic E-state index is 6.26. The lowest BCUT2D eigenvalue weighted by Gasteiger charge is -2.29. The third-order valence-corrected chi connectivity index (χ3v) is 10.9. The van der Waals surface area contributed by atoms with Crippen LogP contribution in [0.5, 0.6) is 0 Å². The Balaban J connectivity index is 1.20. The smallest absolute Gasteiger partial charge is 0.153 e. The van der Waals surface area contributed by atoms with Crippen molar-refractivity contribution >= 4 is 71.6 Å². The van der Waals surface area contributed by atoms with Gasteiger partial charge in [-0.2, -0.15) is 0 Å². The van der Waals surface area contributed by atoms with Gasteiger partial charge in [-0.05, 0) is 94.2 Å². The van der Waals surface area contributed by atoms with Crippen LogP contribution in [0.3, 0.4) is 0 Å². The van der Waals surface area contributed by atoms with Crippen molar-refractivity contribution in [2.45, 2.75) is 0 Å². The number of furan rings is 1. The molecule has 0 saturated heterocycles. The summed E-state index contributed by atoms with van der Waals surface area (Å²) in [5, 5.41) is 6.98. The van der Waals surface area contributed by atoms with Crippen LogP contribution in [0.2, 0.25) is 0 Å². The average Bonchev–Trinajstić information content (AvgIpc) is 3.80. The zero-order valence-electron chi connectivity index (χ0n) is 29.8. The van der Waals surface area contributed by atoms with E-state index in [0.29, 0.717) is 0 Å².